The second-order valence-corrected chi connectivity index (χ2v) is 28.4. The molecule has 0 aliphatic heterocycles. The van der Waals surface area contributed by atoms with Crippen LogP contribution in [-0.4, -0.2) is 96.7 Å². The lowest BCUT2D eigenvalue weighted by Crippen LogP contribution is -2.30. The van der Waals surface area contributed by atoms with Crippen LogP contribution in [0.15, 0.2) is 170 Å². The molecule has 0 saturated carbocycles. The number of aliphatic hydroxyl groups is 1. The van der Waals surface area contributed by atoms with Crippen LogP contribution in [0.4, 0.5) is 0 Å². The zero-order valence-electron chi connectivity index (χ0n) is 64.4. The van der Waals surface area contributed by atoms with Crippen LogP contribution in [0.2, 0.25) is 0 Å². The van der Waals surface area contributed by atoms with Gasteiger partial charge in [0.05, 0.1) is 26.4 Å². The molecular weight excluding hydrogens is 1350 g/mol. The van der Waals surface area contributed by atoms with Gasteiger partial charge in [0.1, 0.15) is 19.3 Å². The van der Waals surface area contributed by atoms with Gasteiger partial charge >= 0.3 is 39.5 Å². The first-order valence-electron chi connectivity index (χ1n) is 39.4. The number of hydrogen-bond acceptors (Lipinski definition) is 15. The number of carbonyl (C=O) groups is 4. The van der Waals surface area contributed by atoms with Gasteiger partial charge < -0.3 is 33.8 Å². The van der Waals surface area contributed by atoms with Crippen molar-refractivity contribution in [2.75, 3.05) is 39.6 Å². The predicted molar refractivity (Wildman–Crippen MR) is 426 cm³/mol. The van der Waals surface area contributed by atoms with Crippen molar-refractivity contribution in [3.63, 3.8) is 0 Å². The zero-order chi connectivity index (χ0) is 76.0. The highest BCUT2D eigenvalue weighted by atomic mass is 31.2. The summed E-state index contributed by atoms with van der Waals surface area (Å²) in [6, 6.07) is 0. The molecule has 0 rings (SSSR count). The van der Waals surface area contributed by atoms with Crippen molar-refractivity contribution in [1.82, 2.24) is 0 Å². The summed E-state index contributed by atoms with van der Waals surface area (Å²) >= 11 is 0. The van der Waals surface area contributed by atoms with E-state index in [4.69, 9.17) is 37.0 Å². The van der Waals surface area contributed by atoms with Crippen LogP contribution in [0.1, 0.15) is 285 Å². The lowest BCUT2D eigenvalue weighted by Gasteiger charge is -2.21. The first-order valence-corrected chi connectivity index (χ1v) is 42.4. The van der Waals surface area contributed by atoms with E-state index in [0.29, 0.717) is 32.1 Å². The van der Waals surface area contributed by atoms with Gasteiger partial charge in [0.2, 0.25) is 0 Å². The lowest BCUT2D eigenvalue weighted by molar-refractivity contribution is -0.161. The van der Waals surface area contributed by atoms with Crippen LogP contribution < -0.4 is 0 Å². The van der Waals surface area contributed by atoms with Crippen molar-refractivity contribution in [3.8, 4) is 0 Å². The van der Waals surface area contributed by atoms with E-state index in [1.54, 1.807) is 0 Å². The summed E-state index contributed by atoms with van der Waals surface area (Å²) in [5.41, 5.74) is 0. The largest absolute Gasteiger partial charge is 0.472 e. The molecule has 0 heterocycles. The zero-order valence-corrected chi connectivity index (χ0v) is 66.2. The average molecular weight is 1490 g/mol. The predicted octanol–water partition coefficient (Wildman–Crippen LogP) is 23.0. The highest BCUT2D eigenvalue weighted by Gasteiger charge is 2.30. The van der Waals surface area contributed by atoms with Crippen LogP contribution in [0, 0.1) is 0 Å². The third kappa shape index (κ3) is 74.7. The van der Waals surface area contributed by atoms with Crippen molar-refractivity contribution in [1.29, 1.82) is 0 Å². The SMILES string of the molecule is CC/C=C\C/C=C\C/C=C\C/C=C\C/C=C\C/C=C\CCC(=O)OCC(COP(=O)(O)OCC(O)COP(=O)(O)OCC(COC(=O)CCCC/C=C\C/C=C\C/C=C\C/C=C\CC)OC(=O)CCCCCCC/C=C\CCCC)OC(=O)CCCCCCCC/C=C\C/C=C\C/C=C\CCCCC. The van der Waals surface area contributed by atoms with Gasteiger partial charge in [-0.25, -0.2) is 9.13 Å². The minimum Gasteiger partial charge on any atom is -0.462 e. The molecule has 0 saturated heterocycles. The Hall–Kier alpha value is -5.58. The Bertz CT molecular complexity index is 2640. The molecule has 17 nitrogen and oxygen atoms in total. The van der Waals surface area contributed by atoms with E-state index < -0.39 is 97.5 Å². The van der Waals surface area contributed by atoms with E-state index in [9.17, 15) is 43.2 Å². The highest BCUT2D eigenvalue weighted by molar-refractivity contribution is 7.47. The number of aliphatic hydroxyl groups excluding tert-OH is 1. The number of phosphoric acid groups is 2. The number of allylic oxidation sites excluding steroid dienone is 28. The third-order valence-corrected chi connectivity index (χ3v) is 17.6. The Morgan fingerprint density at radius 2 is 0.529 bits per heavy atom. The summed E-state index contributed by atoms with van der Waals surface area (Å²) in [6.07, 6.45) is 89.3. The Morgan fingerprint density at radius 3 is 0.885 bits per heavy atom. The van der Waals surface area contributed by atoms with E-state index in [1.165, 1.54) is 32.1 Å². The van der Waals surface area contributed by atoms with Gasteiger partial charge in [0, 0.05) is 25.7 Å². The Balaban J connectivity index is 5.47. The van der Waals surface area contributed by atoms with Crippen LogP contribution in [0.3, 0.4) is 0 Å². The average Bonchev–Trinajstić information content (AvgIpc) is 0.928. The van der Waals surface area contributed by atoms with E-state index in [1.807, 2.05) is 18.2 Å². The van der Waals surface area contributed by atoms with E-state index >= 15 is 0 Å². The second kappa shape index (κ2) is 75.6. The molecule has 0 aromatic heterocycles. The molecule has 19 heteroatoms. The maximum absolute atomic E-state index is 13.1. The van der Waals surface area contributed by atoms with Gasteiger partial charge in [-0.3, -0.25) is 37.3 Å². The van der Waals surface area contributed by atoms with Crippen molar-refractivity contribution in [2.24, 2.45) is 0 Å². The van der Waals surface area contributed by atoms with Gasteiger partial charge in [-0.05, 0) is 161 Å². The van der Waals surface area contributed by atoms with Gasteiger partial charge in [-0.15, -0.1) is 0 Å². The molecule has 0 radical (unpaired) electrons. The summed E-state index contributed by atoms with van der Waals surface area (Å²) in [7, 11) is -10.0. The molecule has 5 unspecified atom stereocenters. The lowest BCUT2D eigenvalue weighted by atomic mass is 10.1. The highest BCUT2D eigenvalue weighted by Crippen LogP contribution is 2.45. The van der Waals surface area contributed by atoms with E-state index in [-0.39, 0.29) is 25.7 Å². The number of carbonyl (C=O) groups excluding carboxylic acids is 4. The molecule has 0 fully saturated rings. The summed E-state index contributed by atoms with van der Waals surface area (Å²) in [4.78, 5) is 72.9. The van der Waals surface area contributed by atoms with Crippen LogP contribution in [0.5, 0.6) is 0 Å². The Labute approximate surface area is 629 Å². The monoisotopic (exact) mass is 1490 g/mol. The minimum atomic E-state index is -5.01. The molecular formula is C85H138O17P2. The molecule has 0 aliphatic carbocycles. The van der Waals surface area contributed by atoms with Crippen molar-refractivity contribution in [2.45, 2.75) is 303 Å². The maximum Gasteiger partial charge on any atom is 0.472 e. The van der Waals surface area contributed by atoms with Crippen molar-refractivity contribution < 1.29 is 80.2 Å². The molecule has 0 amide bonds. The summed E-state index contributed by atoms with van der Waals surface area (Å²) in [6.45, 7) is 4.40. The molecule has 104 heavy (non-hydrogen) atoms. The summed E-state index contributed by atoms with van der Waals surface area (Å²) in [5, 5.41) is 10.6. The minimum absolute atomic E-state index is 0.0265. The number of unbranched alkanes of at least 4 members (excludes halogenated alkanes) is 18. The normalized spacial score (nSPS) is 14.8. The molecule has 0 spiro atoms. The maximum atomic E-state index is 13.1. The summed E-state index contributed by atoms with van der Waals surface area (Å²) < 4.78 is 68.4. The second-order valence-electron chi connectivity index (χ2n) is 25.5. The third-order valence-electron chi connectivity index (χ3n) is 15.7. The fourth-order valence-electron chi connectivity index (χ4n) is 9.69. The van der Waals surface area contributed by atoms with Crippen LogP contribution >= 0.6 is 15.6 Å². The fraction of sp³-hybridized carbons (Fsp3) is 0.624. The van der Waals surface area contributed by atoms with E-state index in [2.05, 4.69) is 180 Å². The first kappa shape index (κ1) is 98.4. The molecule has 5 atom stereocenters. The van der Waals surface area contributed by atoms with Crippen LogP contribution in [-0.2, 0) is 65.4 Å². The quantitative estimate of drug-likeness (QED) is 0.0169. The van der Waals surface area contributed by atoms with Gasteiger partial charge in [0.25, 0.3) is 0 Å². The smallest absolute Gasteiger partial charge is 0.462 e. The van der Waals surface area contributed by atoms with Gasteiger partial charge in [0.15, 0.2) is 12.2 Å². The number of ether oxygens (including phenoxy) is 4. The fourth-order valence-corrected chi connectivity index (χ4v) is 11.3. The molecule has 590 valence electrons. The molecule has 0 aromatic carbocycles. The van der Waals surface area contributed by atoms with Gasteiger partial charge in [-0.2, -0.15) is 0 Å². The van der Waals surface area contributed by atoms with E-state index in [0.717, 1.165) is 167 Å². The number of hydrogen-bond donors (Lipinski definition) is 3. The number of rotatable bonds is 72. The number of esters is 4. The van der Waals surface area contributed by atoms with Crippen molar-refractivity contribution in [3.05, 3.63) is 170 Å². The Morgan fingerprint density at radius 1 is 0.279 bits per heavy atom. The first-order chi connectivity index (χ1) is 50.7. The standard InChI is InChI=1S/C85H138O17P2/c1-5-9-13-17-21-25-29-32-35-37-39-41-44-47-51-54-58-62-66-70-83(88)96-76-81(102-85(90)72-68-64-60-56-52-48-45-42-40-38-36-33-30-26-22-18-14-10-6-2)78-100-104(93,94)98-74-79(86)73-97-103(91,92)99-77-80(101-84(89)71-67-63-59-55-49-28-24-20-16-12-8-4)75-95-82(87)69-65-61-57-53-50-46-43-34-31-27-23-19-15-11-7-3/h9,11,13,15,20-27,32-36,39-43,47,50-51,53,58,62,79-81,86H,5-8,10,12,14,16-19,28-31,37-38,44-46,48-49,52,54-57,59-61,63-78H2,1-4H3,(H,91,92)(H,93,94)/b13-9-,15-11-,24-20-,25-21-,26-22-,27-23-,35-32-,36-33-,41-39-,42-40-,43-34-,51-47-,53-50-,62-58-. The molecule has 0 aliphatic rings. The molecule has 0 aromatic rings. The molecule has 0 bridgehead atoms. The number of phosphoric ester groups is 2. The molecule has 3 N–H and O–H groups in total. The Kier molecular flexibility index (Phi) is 71.6. The van der Waals surface area contributed by atoms with Gasteiger partial charge in [-0.1, -0.05) is 268 Å². The van der Waals surface area contributed by atoms with Crippen molar-refractivity contribution >= 4 is 39.5 Å². The topological polar surface area (TPSA) is 237 Å². The summed E-state index contributed by atoms with van der Waals surface area (Å²) in [5.74, 6) is -2.36. The van der Waals surface area contributed by atoms with Crippen LogP contribution in [0.25, 0.3) is 0 Å².